The molecule has 0 radical (unpaired) electrons. The molecule has 0 fully saturated rings. The van der Waals surface area contributed by atoms with Crippen molar-refractivity contribution >= 4 is 11.4 Å². The van der Waals surface area contributed by atoms with Gasteiger partial charge in [0, 0.05) is 18.2 Å². The molecule has 5 rings (SSSR count). The van der Waals surface area contributed by atoms with E-state index in [9.17, 15) is 9.18 Å². The number of benzene rings is 2. The van der Waals surface area contributed by atoms with Crippen LogP contribution in [0.4, 0.5) is 4.39 Å². The van der Waals surface area contributed by atoms with E-state index in [1.54, 1.807) is 18.3 Å². The lowest BCUT2D eigenvalue weighted by Gasteiger charge is -2.24. The van der Waals surface area contributed by atoms with E-state index in [-0.39, 0.29) is 17.5 Å². The molecule has 2 aromatic heterocycles. The highest BCUT2D eigenvalue weighted by Gasteiger charge is 2.30. The molecule has 1 atom stereocenters. The monoisotopic (exact) mass is 385 g/mol. The van der Waals surface area contributed by atoms with Gasteiger partial charge in [0.2, 0.25) is 0 Å². The van der Waals surface area contributed by atoms with Crippen LogP contribution < -0.4 is 0 Å². The molecule has 0 N–H and O–H groups in total. The molecule has 0 unspecified atom stereocenters. The number of carbonyl (C=O) groups is 1. The minimum Gasteiger partial charge on any atom is -0.294 e. The Balaban J connectivity index is 1.66. The molecule has 2 aromatic carbocycles. The van der Waals surface area contributed by atoms with Gasteiger partial charge in [-0.3, -0.25) is 4.79 Å². The summed E-state index contributed by atoms with van der Waals surface area (Å²) < 4.78 is 15.2. The Kier molecular flexibility index (Phi) is 4.05. The third kappa shape index (κ3) is 2.94. The van der Waals surface area contributed by atoms with E-state index in [2.05, 4.69) is 30.1 Å². The topological polar surface area (TPSA) is 47.3 Å². The summed E-state index contributed by atoms with van der Waals surface area (Å²) in [5.74, 6) is -0.0530. The molecule has 0 spiro atoms. The first-order valence-corrected chi connectivity index (χ1v) is 9.74. The fourth-order valence-electron chi connectivity index (χ4n) is 4.32. The highest BCUT2D eigenvalue weighted by Crippen LogP contribution is 2.35. The molecule has 1 aliphatic rings. The number of Topliss-reactive ketones (excluding diaryl/α,β-unsaturated/α-hetero) is 1. The van der Waals surface area contributed by atoms with Crippen molar-refractivity contribution < 1.29 is 9.18 Å². The van der Waals surface area contributed by atoms with Gasteiger partial charge < -0.3 is 0 Å². The zero-order valence-corrected chi connectivity index (χ0v) is 16.3. The normalized spacial score (nSPS) is 16.2. The molecule has 2 heterocycles. The molecule has 0 saturated carbocycles. The lowest BCUT2D eigenvalue weighted by molar-refractivity contribution is 0.0962. The van der Waals surface area contributed by atoms with E-state index in [1.807, 2.05) is 17.5 Å². The van der Waals surface area contributed by atoms with Crippen molar-refractivity contribution in [3.05, 3.63) is 88.6 Å². The third-order valence-electron chi connectivity index (χ3n) is 5.74. The largest absolute Gasteiger partial charge is 0.294 e. The van der Waals surface area contributed by atoms with Gasteiger partial charge in [0.25, 0.3) is 0 Å². The molecule has 0 amide bonds. The van der Waals surface area contributed by atoms with Gasteiger partial charge in [-0.2, -0.15) is 5.10 Å². The maximum absolute atomic E-state index is 13.4. The zero-order chi connectivity index (χ0) is 20.1. The Labute approximate surface area is 168 Å². The van der Waals surface area contributed by atoms with Gasteiger partial charge in [-0.25, -0.2) is 13.9 Å². The highest BCUT2D eigenvalue weighted by atomic mass is 19.1. The van der Waals surface area contributed by atoms with Crippen molar-refractivity contribution in [3.8, 4) is 11.1 Å². The average molecular weight is 385 g/mol. The quantitative estimate of drug-likeness (QED) is 0.484. The predicted octanol–water partition coefficient (Wildman–Crippen LogP) is 5.06. The van der Waals surface area contributed by atoms with E-state index < -0.39 is 0 Å². The van der Waals surface area contributed by atoms with Crippen molar-refractivity contribution in [1.29, 1.82) is 0 Å². The van der Waals surface area contributed by atoms with Gasteiger partial charge in [0.1, 0.15) is 5.82 Å². The average Bonchev–Trinajstić information content (AvgIpc) is 3.05. The van der Waals surface area contributed by atoms with Crippen molar-refractivity contribution in [3.63, 3.8) is 0 Å². The summed E-state index contributed by atoms with van der Waals surface area (Å²) in [6, 6.07) is 14.7. The predicted molar refractivity (Wildman–Crippen MR) is 110 cm³/mol. The lowest BCUT2D eigenvalue weighted by Crippen LogP contribution is -2.22. The van der Waals surface area contributed by atoms with Gasteiger partial charge in [-0.05, 0) is 49.4 Å². The number of hydrogen-bond acceptors (Lipinski definition) is 3. The molecule has 5 heteroatoms. The van der Waals surface area contributed by atoms with Crippen molar-refractivity contribution in [2.24, 2.45) is 0 Å². The van der Waals surface area contributed by atoms with Gasteiger partial charge >= 0.3 is 0 Å². The number of halogens is 1. The summed E-state index contributed by atoms with van der Waals surface area (Å²) in [6.07, 6.45) is 2.88. The number of aryl methyl sites for hydroxylation is 2. The first kappa shape index (κ1) is 17.7. The van der Waals surface area contributed by atoms with E-state index in [1.165, 1.54) is 23.3 Å². The van der Waals surface area contributed by atoms with Crippen molar-refractivity contribution in [2.45, 2.75) is 32.6 Å². The van der Waals surface area contributed by atoms with Crippen LogP contribution in [0.1, 0.15) is 45.2 Å². The van der Waals surface area contributed by atoms with Crippen LogP contribution in [0.2, 0.25) is 0 Å². The summed E-state index contributed by atoms with van der Waals surface area (Å²) in [5.41, 5.74) is 7.16. The number of aromatic nitrogens is 3. The maximum Gasteiger partial charge on any atom is 0.166 e. The molecule has 0 aliphatic heterocycles. The highest BCUT2D eigenvalue weighted by molar-refractivity contribution is 5.99. The van der Waals surface area contributed by atoms with Crippen molar-refractivity contribution in [1.82, 2.24) is 14.6 Å². The van der Waals surface area contributed by atoms with Crippen LogP contribution in [0.3, 0.4) is 0 Å². The molecule has 4 aromatic rings. The summed E-state index contributed by atoms with van der Waals surface area (Å²) in [5, 5.41) is 4.71. The second kappa shape index (κ2) is 6.62. The standard InChI is InChI=1S/C24H20FN3O/c1-14-4-3-5-17(10-14)18-11-21-20(22(29)12-18)13-26-24-23(15(2)27-28(21)24)16-6-8-19(25)9-7-16/h3-10,13,18H,11-12H2,1-2H3/t18-/m1/s1. The Bertz CT molecular complexity index is 1260. The molecule has 29 heavy (non-hydrogen) atoms. The number of carbonyl (C=O) groups excluding carboxylic acids is 1. The second-order valence-electron chi connectivity index (χ2n) is 7.76. The first-order valence-electron chi connectivity index (χ1n) is 9.74. The number of ketones is 1. The van der Waals surface area contributed by atoms with E-state index in [0.717, 1.165) is 28.9 Å². The SMILES string of the molecule is Cc1cccc([C@H]2CC(=O)c3cnc4c(-c5ccc(F)cc5)c(C)nn4c3C2)c1. The number of fused-ring (bicyclic) bond motifs is 3. The van der Waals surface area contributed by atoms with E-state index >= 15 is 0 Å². The molecule has 0 saturated heterocycles. The fourth-order valence-corrected chi connectivity index (χ4v) is 4.32. The molecule has 1 aliphatic carbocycles. The van der Waals surface area contributed by atoms with Gasteiger partial charge in [-0.1, -0.05) is 42.0 Å². The summed E-state index contributed by atoms with van der Waals surface area (Å²) in [4.78, 5) is 17.4. The Morgan fingerprint density at radius 1 is 1.07 bits per heavy atom. The van der Waals surface area contributed by atoms with Crippen LogP contribution in [0.15, 0.2) is 54.7 Å². The summed E-state index contributed by atoms with van der Waals surface area (Å²) in [6.45, 7) is 3.98. The molecular weight excluding hydrogens is 365 g/mol. The molecule has 144 valence electrons. The lowest BCUT2D eigenvalue weighted by atomic mass is 9.82. The van der Waals surface area contributed by atoms with Crippen LogP contribution in [0.25, 0.3) is 16.8 Å². The Morgan fingerprint density at radius 3 is 2.62 bits per heavy atom. The van der Waals surface area contributed by atoms with Crippen molar-refractivity contribution in [2.75, 3.05) is 0 Å². The van der Waals surface area contributed by atoms with Gasteiger partial charge in [0.15, 0.2) is 11.4 Å². The molecular formula is C24H20FN3O. The Hall–Kier alpha value is -3.34. The number of rotatable bonds is 2. The molecule has 0 bridgehead atoms. The summed E-state index contributed by atoms with van der Waals surface area (Å²) in [7, 11) is 0. The Morgan fingerprint density at radius 2 is 1.86 bits per heavy atom. The summed E-state index contributed by atoms with van der Waals surface area (Å²) >= 11 is 0. The van der Waals surface area contributed by atoms with E-state index in [0.29, 0.717) is 17.6 Å². The molecule has 4 nitrogen and oxygen atoms in total. The first-order chi connectivity index (χ1) is 14.0. The minimum absolute atomic E-state index is 0.101. The maximum atomic E-state index is 13.4. The number of hydrogen-bond donors (Lipinski definition) is 0. The fraction of sp³-hybridized carbons (Fsp3) is 0.208. The van der Waals surface area contributed by atoms with Crippen LogP contribution >= 0.6 is 0 Å². The van der Waals surface area contributed by atoms with Crippen LogP contribution in [0, 0.1) is 19.7 Å². The smallest absolute Gasteiger partial charge is 0.166 e. The van der Waals surface area contributed by atoms with Crippen LogP contribution in [-0.2, 0) is 6.42 Å². The van der Waals surface area contributed by atoms with E-state index in [4.69, 9.17) is 5.10 Å². The third-order valence-corrected chi connectivity index (χ3v) is 5.74. The van der Waals surface area contributed by atoms with Crippen LogP contribution in [-0.4, -0.2) is 20.4 Å². The zero-order valence-electron chi connectivity index (χ0n) is 16.3. The van der Waals surface area contributed by atoms with Gasteiger partial charge in [-0.15, -0.1) is 0 Å². The number of nitrogens with zero attached hydrogens (tertiary/aromatic N) is 3. The minimum atomic E-state index is -0.278. The second-order valence-corrected chi connectivity index (χ2v) is 7.76. The van der Waals surface area contributed by atoms with Crippen LogP contribution in [0.5, 0.6) is 0 Å². The van der Waals surface area contributed by atoms with Gasteiger partial charge in [0.05, 0.1) is 17.0 Å².